The first kappa shape index (κ1) is 17.1. The lowest BCUT2D eigenvalue weighted by molar-refractivity contribution is -0.402. The third kappa shape index (κ3) is 3.86. The standard InChI is InChI=1S/C16H12ClN3O4S/c1-9-15(10-2-4-11(17)5-3-10)19-13(25-9)8-18-16(21)12-6-7-14(24-12)20(22)23/h2-7H,8H2,1H3,(H,18,21). The minimum atomic E-state index is -0.695. The first-order chi connectivity index (χ1) is 11.9. The average molecular weight is 378 g/mol. The maximum Gasteiger partial charge on any atom is 0.433 e. The van der Waals surface area contributed by atoms with Crippen LogP contribution < -0.4 is 5.32 Å². The number of hydrogen-bond donors (Lipinski definition) is 1. The van der Waals surface area contributed by atoms with E-state index in [1.54, 1.807) is 12.1 Å². The molecule has 2 aromatic heterocycles. The second kappa shape index (κ2) is 7.04. The first-order valence-electron chi connectivity index (χ1n) is 7.18. The lowest BCUT2D eigenvalue weighted by Gasteiger charge is -2.00. The van der Waals surface area contributed by atoms with E-state index in [-0.39, 0.29) is 12.3 Å². The van der Waals surface area contributed by atoms with Crippen LogP contribution in [0.3, 0.4) is 0 Å². The number of hydrogen-bond acceptors (Lipinski definition) is 6. The highest BCUT2D eigenvalue weighted by Gasteiger charge is 2.18. The zero-order valence-corrected chi connectivity index (χ0v) is 14.6. The van der Waals surface area contributed by atoms with E-state index in [0.717, 1.165) is 27.2 Å². The number of thiazole rings is 1. The van der Waals surface area contributed by atoms with Gasteiger partial charge >= 0.3 is 5.88 Å². The maximum atomic E-state index is 12.0. The Bertz CT molecular complexity index is 933. The third-order valence-electron chi connectivity index (χ3n) is 3.35. The predicted molar refractivity (Wildman–Crippen MR) is 93.8 cm³/mol. The van der Waals surface area contributed by atoms with E-state index in [9.17, 15) is 14.9 Å². The van der Waals surface area contributed by atoms with Crippen LogP contribution in [0.25, 0.3) is 11.3 Å². The number of amides is 1. The summed E-state index contributed by atoms with van der Waals surface area (Å²) in [6.07, 6.45) is 0. The van der Waals surface area contributed by atoms with Crippen LogP contribution in [0.1, 0.15) is 20.4 Å². The van der Waals surface area contributed by atoms with Crippen molar-refractivity contribution < 1.29 is 14.1 Å². The zero-order chi connectivity index (χ0) is 18.0. The summed E-state index contributed by atoms with van der Waals surface area (Å²) < 4.78 is 4.86. The van der Waals surface area contributed by atoms with Gasteiger partial charge < -0.3 is 9.73 Å². The molecule has 1 aromatic carbocycles. The Morgan fingerprint density at radius 1 is 1.32 bits per heavy atom. The molecule has 0 saturated carbocycles. The van der Waals surface area contributed by atoms with Crippen molar-refractivity contribution in [1.82, 2.24) is 10.3 Å². The number of nitrogens with zero attached hydrogens (tertiary/aromatic N) is 2. The van der Waals surface area contributed by atoms with Crippen LogP contribution >= 0.6 is 22.9 Å². The fraction of sp³-hybridized carbons (Fsp3) is 0.125. The molecule has 3 aromatic rings. The highest BCUT2D eigenvalue weighted by molar-refractivity contribution is 7.12. The number of furan rings is 1. The second-order valence-corrected chi connectivity index (χ2v) is 6.82. The lowest BCUT2D eigenvalue weighted by Crippen LogP contribution is -2.22. The van der Waals surface area contributed by atoms with Crippen LogP contribution in [0.15, 0.2) is 40.8 Å². The molecule has 7 nitrogen and oxygen atoms in total. The fourth-order valence-corrected chi connectivity index (χ4v) is 3.21. The molecule has 0 atom stereocenters. The average Bonchev–Trinajstić information content (AvgIpc) is 3.20. The summed E-state index contributed by atoms with van der Waals surface area (Å²) in [5.41, 5.74) is 1.77. The van der Waals surface area contributed by atoms with Gasteiger partial charge in [-0.3, -0.25) is 14.9 Å². The summed E-state index contributed by atoms with van der Waals surface area (Å²) in [5, 5.41) is 14.6. The Hall–Kier alpha value is -2.71. The molecule has 1 N–H and O–H groups in total. The molecule has 0 saturated heterocycles. The molecule has 9 heteroatoms. The molecule has 3 rings (SSSR count). The van der Waals surface area contributed by atoms with E-state index < -0.39 is 16.7 Å². The van der Waals surface area contributed by atoms with Crippen molar-refractivity contribution in [3.8, 4) is 11.3 Å². The smallest absolute Gasteiger partial charge is 0.395 e. The summed E-state index contributed by atoms with van der Waals surface area (Å²) in [6, 6.07) is 9.76. The number of nitrogens with one attached hydrogen (secondary N) is 1. The molecular weight excluding hydrogens is 366 g/mol. The molecule has 0 unspecified atom stereocenters. The maximum absolute atomic E-state index is 12.0. The number of nitro groups is 1. The summed E-state index contributed by atoms with van der Waals surface area (Å²) in [6.45, 7) is 2.15. The molecule has 0 aliphatic rings. The quantitative estimate of drug-likeness (QED) is 0.530. The minimum Gasteiger partial charge on any atom is -0.395 e. The van der Waals surface area contributed by atoms with Gasteiger partial charge in [0.05, 0.1) is 18.3 Å². The fourth-order valence-electron chi connectivity index (χ4n) is 2.19. The van der Waals surface area contributed by atoms with Crippen molar-refractivity contribution in [1.29, 1.82) is 0 Å². The minimum absolute atomic E-state index is 0.113. The largest absolute Gasteiger partial charge is 0.433 e. The molecule has 0 spiro atoms. The van der Waals surface area contributed by atoms with Crippen LogP contribution in [0, 0.1) is 17.0 Å². The van der Waals surface area contributed by atoms with Crippen LogP contribution in [0.4, 0.5) is 5.88 Å². The van der Waals surface area contributed by atoms with Gasteiger partial charge in [-0.25, -0.2) is 4.98 Å². The van der Waals surface area contributed by atoms with Gasteiger partial charge in [0.2, 0.25) is 0 Å². The van der Waals surface area contributed by atoms with Crippen LogP contribution in [0.2, 0.25) is 5.02 Å². The van der Waals surface area contributed by atoms with Crippen LogP contribution in [0.5, 0.6) is 0 Å². The van der Waals surface area contributed by atoms with Crippen molar-refractivity contribution in [3.63, 3.8) is 0 Å². The summed E-state index contributed by atoms with van der Waals surface area (Å²) in [5.74, 6) is -1.12. The zero-order valence-electron chi connectivity index (χ0n) is 13.0. The monoisotopic (exact) mass is 377 g/mol. The summed E-state index contributed by atoms with van der Waals surface area (Å²) >= 11 is 7.35. The second-order valence-electron chi connectivity index (χ2n) is 5.10. The number of aryl methyl sites for hydroxylation is 1. The first-order valence-corrected chi connectivity index (χ1v) is 8.38. The molecular formula is C16H12ClN3O4S. The molecule has 2 heterocycles. The molecule has 0 aliphatic carbocycles. The van der Waals surface area contributed by atoms with E-state index in [1.165, 1.54) is 17.4 Å². The Morgan fingerprint density at radius 3 is 2.68 bits per heavy atom. The number of carbonyl (C=O) groups excluding carboxylic acids is 1. The van der Waals surface area contributed by atoms with Gasteiger partial charge in [0.15, 0.2) is 5.76 Å². The molecule has 0 fully saturated rings. The van der Waals surface area contributed by atoms with Gasteiger partial charge in [-0.2, -0.15) is 0 Å². The molecule has 0 radical (unpaired) electrons. The molecule has 1 amide bonds. The summed E-state index contributed by atoms with van der Waals surface area (Å²) in [7, 11) is 0. The number of halogens is 1. The van der Waals surface area contributed by atoms with Crippen LogP contribution in [-0.4, -0.2) is 15.8 Å². The van der Waals surface area contributed by atoms with E-state index in [4.69, 9.17) is 16.0 Å². The van der Waals surface area contributed by atoms with E-state index in [2.05, 4.69) is 10.3 Å². The normalized spacial score (nSPS) is 10.6. The van der Waals surface area contributed by atoms with Crippen molar-refractivity contribution in [2.75, 3.05) is 0 Å². The lowest BCUT2D eigenvalue weighted by atomic mass is 10.1. The Labute approximate surface area is 151 Å². The van der Waals surface area contributed by atoms with Crippen molar-refractivity contribution >= 4 is 34.7 Å². The number of benzene rings is 1. The Balaban J connectivity index is 1.69. The van der Waals surface area contributed by atoms with Gasteiger partial charge in [0.25, 0.3) is 5.91 Å². The molecule has 0 aliphatic heterocycles. The number of rotatable bonds is 5. The van der Waals surface area contributed by atoms with Gasteiger partial charge in [0.1, 0.15) is 9.93 Å². The van der Waals surface area contributed by atoms with Crippen molar-refractivity contribution in [3.05, 3.63) is 67.2 Å². The van der Waals surface area contributed by atoms with Gasteiger partial charge in [-0.15, -0.1) is 11.3 Å². The summed E-state index contributed by atoms with van der Waals surface area (Å²) in [4.78, 5) is 27.4. The Morgan fingerprint density at radius 2 is 2.04 bits per heavy atom. The van der Waals surface area contributed by atoms with Gasteiger partial charge in [0, 0.05) is 15.5 Å². The molecule has 25 heavy (non-hydrogen) atoms. The highest BCUT2D eigenvalue weighted by atomic mass is 35.5. The third-order valence-corrected chi connectivity index (χ3v) is 4.58. The van der Waals surface area contributed by atoms with Crippen LogP contribution in [-0.2, 0) is 6.54 Å². The highest BCUT2D eigenvalue weighted by Crippen LogP contribution is 2.28. The topological polar surface area (TPSA) is 98.3 Å². The Kier molecular flexibility index (Phi) is 4.82. The SMILES string of the molecule is Cc1sc(CNC(=O)c2ccc([N+](=O)[O-])o2)nc1-c1ccc(Cl)cc1. The predicted octanol–water partition coefficient (Wildman–Crippen LogP) is 4.20. The molecule has 0 bridgehead atoms. The van der Waals surface area contributed by atoms with E-state index >= 15 is 0 Å². The molecule has 128 valence electrons. The van der Waals surface area contributed by atoms with E-state index in [0.29, 0.717) is 5.02 Å². The van der Waals surface area contributed by atoms with Crippen molar-refractivity contribution in [2.24, 2.45) is 0 Å². The number of carbonyl (C=O) groups is 1. The van der Waals surface area contributed by atoms with Gasteiger partial charge in [-0.1, -0.05) is 23.7 Å². The van der Waals surface area contributed by atoms with E-state index in [1.807, 2.05) is 19.1 Å². The van der Waals surface area contributed by atoms with Crippen molar-refractivity contribution in [2.45, 2.75) is 13.5 Å². The van der Waals surface area contributed by atoms with Gasteiger partial charge in [-0.05, 0) is 25.1 Å². The number of aromatic nitrogens is 1.